The molecule has 2 aliphatic heterocycles. The average Bonchev–Trinajstić information content (AvgIpc) is 2.48. The van der Waals surface area contributed by atoms with Gasteiger partial charge in [0.15, 0.2) is 0 Å². The number of piperidine rings is 1. The number of nitrogens with zero attached hydrogens (tertiary/aromatic N) is 3. The minimum absolute atomic E-state index is 0.219. The van der Waals surface area contributed by atoms with Gasteiger partial charge >= 0.3 is 6.09 Å². The number of nitrogens with one attached hydrogen (secondary N) is 1. The zero-order valence-corrected chi connectivity index (χ0v) is 13.1. The van der Waals surface area contributed by atoms with Crippen molar-refractivity contribution in [2.45, 2.75) is 19.8 Å². The number of ether oxygens (including phenoxy) is 1. The van der Waals surface area contributed by atoms with Crippen LogP contribution in [0.5, 0.6) is 0 Å². The highest BCUT2D eigenvalue weighted by Crippen LogP contribution is 2.48. The molecule has 3 N–H and O–H groups in total. The molecule has 7 nitrogen and oxygen atoms in total. The number of thiol groups is 1. The summed E-state index contributed by atoms with van der Waals surface area (Å²) in [5.41, 5.74) is 5.85. The van der Waals surface area contributed by atoms with Crippen molar-refractivity contribution in [1.29, 1.82) is 10.5 Å². The smallest absolute Gasteiger partial charge is 0.409 e. The number of rotatable bonds is 1. The molecule has 0 saturated carbocycles. The second kappa shape index (κ2) is 6.20. The third kappa shape index (κ3) is 2.46. The van der Waals surface area contributed by atoms with Gasteiger partial charge in [0.2, 0.25) is 0 Å². The molecule has 0 aromatic heterocycles. The van der Waals surface area contributed by atoms with Crippen LogP contribution in [0.15, 0.2) is 22.0 Å². The van der Waals surface area contributed by atoms with Crippen molar-refractivity contribution < 1.29 is 9.53 Å². The zero-order chi connectivity index (χ0) is 16.3. The average molecular weight is 319 g/mol. The molecule has 0 radical (unpaired) electrons. The van der Waals surface area contributed by atoms with E-state index in [1.807, 2.05) is 0 Å². The molecular formula is C14H17N5O2S. The summed E-state index contributed by atoms with van der Waals surface area (Å²) < 4.78 is 4.99. The SMILES string of the molecule is CCOC(=O)N1CCC2(CC1)C(C#N)=C(N)NC(S)=C2C#N. The summed E-state index contributed by atoms with van der Waals surface area (Å²) >= 11 is 4.27. The van der Waals surface area contributed by atoms with Gasteiger partial charge in [0.25, 0.3) is 0 Å². The van der Waals surface area contributed by atoms with E-state index in [1.165, 1.54) is 0 Å². The first-order valence-electron chi connectivity index (χ1n) is 6.93. The lowest BCUT2D eigenvalue weighted by atomic mass is 9.67. The largest absolute Gasteiger partial charge is 0.450 e. The third-order valence-electron chi connectivity index (χ3n) is 4.08. The third-order valence-corrected chi connectivity index (χ3v) is 4.42. The van der Waals surface area contributed by atoms with Crippen LogP contribution in [0, 0.1) is 28.1 Å². The molecular weight excluding hydrogens is 302 g/mol. The summed E-state index contributed by atoms with van der Waals surface area (Å²) in [6.45, 7) is 2.84. The number of amides is 1. The fourth-order valence-corrected chi connectivity index (χ4v) is 3.36. The molecule has 1 amide bonds. The van der Waals surface area contributed by atoms with Gasteiger partial charge in [-0.2, -0.15) is 10.5 Å². The van der Waals surface area contributed by atoms with E-state index in [-0.39, 0.29) is 11.9 Å². The first-order chi connectivity index (χ1) is 10.5. The maximum absolute atomic E-state index is 11.8. The molecule has 0 aromatic rings. The first-order valence-corrected chi connectivity index (χ1v) is 7.37. The van der Waals surface area contributed by atoms with Crippen molar-refractivity contribution >= 4 is 18.7 Å². The molecule has 22 heavy (non-hydrogen) atoms. The van der Waals surface area contributed by atoms with Crippen molar-refractivity contribution in [2.24, 2.45) is 11.1 Å². The molecule has 1 fully saturated rings. The van der Waals surface area contributed by atoms with Gasteiger partial charge in [0, 0.05) is 18.5 Å². The minimum Gasteiger partial charge on any atom is -0.450 e. The molecule has 8 heteroatoms. The Hall–Kier alpha value is -2.32. The van der Waals surface area contributed by atoms with Crippen LogP contribution >= 0.6 is 12.6 Å². The first kappa shape index (κ1) is 16.1. The lowest BCUT2D eigenvalue weighted by Crippen LogP contribution is -2.47. The van der Waals surface area contributed by atoms with E-state index in [4.69, 9.17) is 10.5 Å². The van der Waals surface area contributed by atoms with E-state index in [2.05, 4.69) is 30.1 Å². The zero-order valence-electron chi connectivity index (χ0n) is 12.2. The molecule has 2 heterocycles. The predicted molar refractivity (Wildman–Crippen MR) is 81.8 cm³/mol. The van der Waals surface area contributed by atoms with Gasteiger partial charge in [0.05, 0.1) is 34.9 Å². The summed E-state index contributed by atoms with van der Waals surface area (Å²) in [7, 11) is 0. The van der Waals surface area contributed by atoms with Crippen LogP contribution in [0.1, 0.15) is 19.8 Å². The van der Waals surface area contributed by atoms with E-state index in [1.54, 1.807) is 11.8 Å². The van der Waals surface area contributed by atoms with E-state index < -0.39 is 5.41 Å². The molecule has 0 unspecified atom stereocenters. The molecule has 0 atom stereocenters. The van der Waals surface area contributed by atoms with Crippen LogP contribution in [0.25, 0.3) is 0 Å². The van der Waals surface area contributed by atoms with Gasteiger partial charge in [-0.3, -0.25) is 0 Å². The Kier molecular flexibility index (Phi) is 4.53. The molecule has 0 aliphatic carbocycles. The Morgan fingerprint density at radius 2 is 2.00 bits per heavy atom. The van der Waals surface area contributed by atoms with E-state index in [0.717, 1.165) is 0 Å². The van der Waals surface area contributed by atoms with Crippen molar-refractivity contribution in [3.8, 4) is 12.1 Å². The highest BCUT2D eigenvalue weighted by Gasteiger charge is 2.47. The number of hydrogen-bond donors (Lipinski definition) is 3. The molecule has 1 spiro atoms. The minimum atomic E-state index is -0.779. The molecule has 116 valence electrons. The van der Waals surface area contributed by atoms with E-state index in [9.17, 15) is 15.3 Å². The second-order valence-corrected chi connectivity index (χ2v) is 5.58. The van der Waals surface area contributed by atoms with Crippen LogP contribution < -0.4 is 11.1 Å². The maximum atomic E-state index is 11.8. The standard InChI is InChI=1S/C14H17N5O2S/c1-2-21-13(20)19-5-3-14(4-6-19)9(7-15)11(17)18-12(22)10(14)8-16/h18,22H,2-6,17H2,1H3. The fourth-order valence-electron chi connectivity index (χ4n) is 2.97. The molecule has 0 bridgehead atoms. The van der Waals surface area contributed by atoms with Crippen molar-refractivity contribution in [2.75, 3.05) is 19.7 Å². The summed E-state index contributed by atoms with van der Waals surface area (Å²) in [5.74, 6) is 0.219. The molecule has 2 aliphatic rings. The Labute approximate surface area is 134 Å². The van der Waals surface area contributed by atoms with E-state index in [0.29, 0.717) is 48.7 Å². The van der Waals surface area contributed by atoms with Crippen LogP contribution in [0.4, 0.5) is 4.79 Å². The summed E-state index contributed by atoms with van der Waals surface area (Å²) in [6, 6.07) is 4.24. The van der Waals surface area contributed by atoms with Crippen molar-refractivity contribution in [3.05, 3.63) is 22.0 Å². The summed E-state index contributed by atoms with van der Waals surface area (Å²) in [4.78, 5) is 13.4. The highest BCUT2D eigenvalue weighted by atomic mass is 32.1. The topological polar surface area (TPSA) is 115 Å². The number of nitrogens with two attached hydrogens (primary N) is 1. The van der Waals surface area contributed by atoms with Gasteiger partial charge < -0.3 is 20.7 Å². The maximum Gasteiger partial charge on any atom is 0.409 e. The highest BCUT2D eigenvalue weighted by molar-refractivity contribution is 7.84. The predicted octanol–water partition coefficient (Wildman–Crippen LogP) is 1.19. The lowest BCUT2D eigenvalue weighted by molar-refractivity contribution is 0.0856. The van der Waals surface area contributed by atoms with Crippen LogP contribution in [-0.4, -0.2) is 30.7 Å². The number of likely N-dealkylation sites (tertiary alicyclic amines) is 1. The fraction of sp³-hybridized carbons (Fsp3) is 0.500. The molecule has 1 saturated heterocycles. The number of hydrogen-bond acceptors (Lipinski definition) is 7. The normalized spacial score (nSPS) is 20.3. The number of allylic oxidation sites excluding steroid dienone is 2. The summed E-state index contributed by atoms with van der Waals surface area (Å²) in [5, 5.41) is 22.0. The number of carbonyl (C=O) groups excluding carboxylic acids is 1. The van der Waals surface area contributed by atoms with Gasteiger partial charge in [0.1, 0.15) is 5.82 Å². The van der Waals surface area contributed by atoms with Gasteiger partial charge in [-0.25, -0.2) is 4.79 Å². The van der Waals surface area contributed by atoms with Crippen molar-refractivity contribution in [3.63, 3.8) is 0 Å². The van der Waals surface area contributed by atoms with Crippen LogP contribution in [-0.2, 0) is 4.74 Å². The monoisotopic (exact) mass is 319 g/mol. The van der Waals surface area contributed by atoms with E-state index >= 15 is 0 Å². The van der Waals surface area contributed by atoms with Crippen molar-refractivity contribution in [1.82, 2.24) is 10.2 Å². The summed E-state index contributed by atoms with van der Waals surface area (Å²) in [6.07, 6.45) is 0.490. The Morgan fingerprint density at radius 3 is 2.50 bits per heavy atom. The molecule has 2 rings (SSSR count). The second-order valence-electron chi connectivity index (χ2n) is 5.13. The number of nitriles is 2. The van der Waals surface area contributed by atoms with Gasteiger partial charge in [-0.1, -0.05) is 0 Å². The van der Waals surface area contributed by atoms with Gasteiger partial charge in [-0.15, -0.1) is 12.6 Å². The molecule has 0 aromatic carbocycles. The Bertz CT molecular complexity index is 595. The Morgan fingerprint density at radius 1 is 1.41 bits per heavy atom. The van der Waals surface area contributed by atoms with Crippen LogP contribution in [0.3, 0.4) is 0 Å². The number of dihydropyridines is 1. The Balaban J connectivity index is 2.33. The lowest BCUT2D eigenvalue weighted by Gasteiger charge is -2.43. The quantitative estimate of drug-likeness (QED) is 0.625. The van der Waals surface area contributed by atoms with Crippen LogP contribution in [0.2, 0.25) is 0 Å². The van der Waals surface area contributed by atoms with Gasteiger partial charge in [-0.05, 0) is 19.8 Å². The number of carbonyl (C=O) groups is 1.